The Balaban J connectivity index is 1.48. The average molecular weight is 464 g/mol. The molecule has 33 heavy (non-hydrogen) atoms. The lowest BCUT2D eigenvalue weighted by Gasteiger charge is -2.19. The van der Waals surface area contributed by atoms with Crippen LogP contribution in [0, 0.1) is 0 Å². The molecule has 0 spiro atoms. The highest BCUT2D eigenvalue weighted by molar-refractivity contribution is 7.99. The van der Waals surface area contributed by atoms with Crippen molar-refractivity contribution in [1.29, 1.82) is 0 Å². The van der Waals surface area contributed by atoms with E-state index in [1.165, 1.54) is 24.2 Å². The number of carbonyl (C=O) groups excluding carboxylic acids is 2. The van der Waals surface area contributed by atoms with Gasteiger partial charge < -0.3 is 10.6 Å². The molecule has 4 rings (SSSR count). The summed E-state index contributed by atoms with van der Waals surface area (Å²) in [6.07, 6.45) is 2.17. The largest absolute Gasteiger partial charge is 0.326 e. The van der Waals surface area contributed by atoms with Crippen LogP contribution in [0.4, 0.5) is 11.4 Å². The van der Waals surface area contributed by atoms with Crippen LogP contribution in [0.1, 0.15) is 57.8 Å². The first-order valence-electron chi connectivity index (χ1n) is 11.1. The fourth-order valence-corrected chi connectivity index (χ4v) is 4.29. The van der Waals surface area contributed by atoms with Crippen molar-refractivity contribution in [2.45, 2.75) is 57.0 Å². The van der Waals surface area contributed by atoms with Crippen LogP contribution in [-0.2, 0) is 15.0 Å². The Morgan fingerprint density at radius 1 is 1.03 bits per heavy atom. The first kappa shape index (κ1) is 23.0. The number of hydrogen-bond donors (Lipinski definition) is 2. The summed E-state index contributed by atoms with van der Waals surface area (Å²) >= 11 is 1.35. The maximum absolute atomic E-state index is 12.6. The molecule has 0 atom stereocenters. The normalized spacial score (nSPS) is 13.6. The van der Waals surface area contributed by atoms with Gasteiger partial charge in [0, 0.05) is 24.2 Å². The SMILES string of the molecule is CC(=O)Nc1cccc(-n2c(SCC(=O)Nc3ccc(C(C)(C)C)cc3)nnc2C2CC2)c1. The molecule has 0 bridgehead atoms. The van der Waals surface area contributed by atoms with E-state index in [0.29, 0.717) is 16.8 Å². The van der Waals surface area contributed by atoms with Crippen molar-refractivity contribution >= 4 is 35.0 Å². The number of rotatable bonds is 7. The molecule has 0 saturated heterocycles. The highest BCUT2D eigenvalue weighted by Crippen LogP contribution is 2.41. The van der Waals surface area contributed by atoms with Gasteiger partial charge in [-0.15, -0.1) is 10.2 Å². The van der Waals surface area contributed by atoms with E-state index in [9.17, 15) is 9.59 Å². The van der Waals surface area contributed by atoms with Crippen molar-refractivity contribution in [2.75, 3.05) is 16.4 Å². The molecule has 8 heteroatoms. The summed E-state index contributed by atoms with van der Waals surface area (Å²) in [6, 6.07) is 15.6. The summed E-state index contributed by atoms with van der Waals surface area (Å²) in [4.78, 5) is 24.1. The molecule has 1 fully saturated rings. The third-order valence-corrected chi connectivity index (χ3v) is 6.32. The summed E-state index contributed by atoms with van der Waals surface area (Å²) in [5, 5.41) is 15.2. The number of aromatic nitrogens is 3. The monoisotopic (exact) mass is 463 g/mol. The van der Waals surface area contributed by atoms with Gasteiger partial charge in [0.15, 0.2) is 5.16 Å². The fourth-order valence-electron chi connectivity index (χ4n) is 3.53. The quantitative estimate of drug-likeness (QED) is 0.474. The van der Waals surface area contributed by atoms with E-state index in [1.54, 1.807) is 0 Å². The lowest BCUT2D eigenvalue weighted by molar-refractivity contribution is -0.114. The van der Waals surface area contributed by atoms with Crippen LogP contribution in [-0.4, -0.2) is 32.3 Å². The number of nitrogens with one attached hydrogen (secondary N) is 2. The average Bonchev–Trinajstić information content (AvgIpc) is 3.51. The molecule has 0 aliphatic heterocycles. The molecule has 7 nitrogen and oxygen atoms in total. The second-order valence-electron chi connectivity index (χ2n) is 9.35. The van der Waals surface area contributed by atoms with E-state index in [2.05, 4.69) is 41.6 Å². The minimum absolute atomic E-state index is 0.0684. The van der Waals surface area contributed by atoms with E-state index < -0.39 is 0 Å². The van der Waals surface area contributed by atoms with Crippen LogP contribution < -0.4 is 10.6 Å². The zero-order chi connectivity index (χ0) is 23.6. The van der Waals surface area contributed by atoms with Crippen LogP contribution in [0.15, 0.2) is 53.7 Å². The van der Waals surface area contributed by atoms with Crippen LogP contribution >= 0.6 is 11.8 Å². The van der Waals surface area contributed by atoms with E-state index in [0.717, 1.165) is 30.0 Å². The van der Waals surface area contributed by atoms with E-state index >= 15 is 0 Å². The summed E-state index contributed by atoms with van der Waals surface area (Å²) in [6.45, 7) is 7.97. The van der Waals surface area contributed by atoms with Gasteiger partial charge in [-0.2, -0.15) is 0 Å². The zero-order valence-electron chi connectivity index (χ0n) is 19.4. The number of thioether (sulfide) groups is 1. The molecule has 3 aromatic rings. The number of nitrogens with zero attached hydrogens (tertiary/aromatic N) is 3. The van der Waals surface area contributed by atoms with Gasteiger partial charge in [0.2, 0.25) is 11.8 Å². The number of hydrogen-bond acceptors (Lipinski definition) is 5. The van der Waals surface area contributed by atoms with Crippen molar-refractivity contribution < 1.29 is 9.59 Å². The Bertz CT molecular complexity index is 1160. The van der Waals surface area contributed by atoms with Crippen LogP contribution in [0.5, 0.6) is 0 Å². The van der Waals surface area contributed by atoms with Gasteiger partial charge in [0.25, 0.3) is 0 Å². The van der Waals surface area contributed by atoms with Gasteiger partial charge in [0.1, 0.15) is 5.82 Å². The molecule has 1 heterocycles. The van der Waals surface area contributed by atoms with Gasteiger partial charge in [-0.1, -0.05) is 50.7 Å². The highest BCUT2D eigenvalue weighted by atomic mass is 32.2. The third-order valence-electron chi connectivity index (χ3n) is 5.39. The molecule has 2 aromatic carbocycles. The third kappa shape index (κ3) is 5.82. The summed E-state index contributed by atoms with van der Waals surface area (Å²) in [7, 11) is 0. The maximum Gasteiger partial charge on any atom is 0.234 e. The van der Waals surface area contributed by atoms with Gasteiger partial charge in [-0.25, -0.2) is 0 Å². The van der Waals surface area contributed by atoms with Crippen molar-refractivity contribution in [1.82, 2.24) is 14.8 Å². The molecular formula is C25H29N5O2S. The van der Waals surface area contributed by atoms with Crippen molar-refractivity contribution in [3.63, 3.8) is 0 Å². The van der Waals surface area contributed by atoms with Gasteiger partial charge >= 0.3 is 0 Å². The highest BCUT2D eigenvalue weighted by Gasteiger charge is 2.31. The summed E-state index contributed by atoms with van der Waals surface area (Å²) in [5.74, 6) is 1.27. The lowest BCUT2D eigenvalue weighted by atomic mass is 9.87. The first-order valence-corrected chi connectivity index (χ1v) is 12.1. The van der Waals surface area contributed by atoms with Crippen LogP contribution in [0.25, 0.3) is 5.69 Å². The predicted octanol–water partition coefficient (Wildman–Crippen LogP) is 5.13. The van der Waals surface area contributed by atoms with Crippen LogP contribution in [0.2, 0.25) is 0 Å². The smallest absolute Gasteiger partial charge is 0.234 e. The predicted molar refractivity (Wildman–Crippen MR) is 132 cm³/mol. The topological polar surface area (TPSA) is 88.9 Å². The number of carbonyl (C=O) groups is 2. The maximum atomic E-state index is 12.6. The van der Waals surface area contributed by atoms with Crippen LogP contribution in [0.3, 0.4) is 0 Å². The van der Waals surface area contributed by atoms with Crippen molar-refractivity contribution in [3.8, 4) is 5.69 Å². The minimum atomic E-state index is -0.125. The molecular weight excluding hydrogens is 434 g/mol. The van der Waals surface area contributed by atoms with Gasteiger partial charge in [-0.3, -0.25) is 14.2 Å². The van der Waals surface area contributed by atoms with Crippen molar-refractivity contribution in [3.05, 3.63) is 59.9 Å². The summed E-state index contributed by atoms with van der Waals surface area (Å²) in [5.41, 5.74) is 3.64. The fraction of sp³-hybridized carbons (Fsp3) is 0.360. The molecule has 0 unspecified atom stereocenters. The standard InChI is InChI=1S/C25H29N5O2S/c1-16(31)26-20-6-5-7-21(14-20)30-23(17-8-9-17)28-29-24(30)33-15-22(32)27-19-12-10-18(11-13-19)25(2,3)4/h5-7,10-14,17H,8-9,15H2,1-4H3,(H,26,31)(H,27,32). The van der Waals surface area contributed by atoms with E-state index in [4.69, 9.17) is 0 Å². The molecule has 1 aliphatic rings. The molecule has 2 N–H and O–H groups in total. The Labute approximate surface area is 198 Å². The molecule has 172 valence electrons. The summed E-state index contributed by atoms with van der Waals surface area (Å²) < 4.78 is 2.00. The lowest BCUT2D eigenvalue weighted by Crippen LogP contribution is -2.15. The number of benzene rings is 2. The second kappa shape index (κ2) is 9.39. The molecule has 1 aliphatic carbocycles. The molecule has 2 amide bonds. The van der Waals surface area contributed by atoms with E-state index in [-0.39, 0.29) is 23.0 Å². The Hall–Kier alpha value is -3.13. The van der Waals surface area contributed by atoms with Gasteiger partial charge in [-0.05, 0) is 54.2 Å². The minimum Gasteiger partial charge on any atom is -0.326 e. The first-order chi connectivity index (χ1) is 15.7. The number of anilines is 2. The second-order valence-corrected chi connectivity index (χ2v) is 10.3. The Morgan fingerprint density at radius 2 is 1.76 bits per heavy atom. The number of amides is 2. The van der Waals surface area contributed by atoms with Gasteiger partial charge in [0.05, 0.1) is 11.4 Å². The molecule has 1 aromatic heterocycles. The van der Waals surface area contributed by atoms with E-state index in [1.807, 2.05) is 53.1 Å². The molecule has 1 saturated carbocycles. The Kier molecular flexibility index (Phi) is 6.56. The van der Waals surface area contributed by atoms with Crippen molar-refractivity contribution in [2.24, 2.45) is 0 Å². The molecule has 0 radical (unpaired) electrons. The zero-order valence-corrected chi connectivity index (χ0v) is 20.2. The Morgan fingerprint density at radius 3 is 2.39 bits per heavy atom.